The van der Waals surface area contributed by atoms with Crippen LogP contribution in [0.4, 0.5) is 0 Å². The van der Waals surface area contributed by atoms with Crippen molar-refractivity contribution in [1.82, 2.24) is 0 Å². The van der Waals surface area contributed by atoms with E-state index in [9.17, 15) is 0 Å². The zero-order valence-electron chi connectivity index (χ0n) is 8.72. The van der Waals surface area contributed by atoms with Crippen LogP contribution in [-0.4, -0.2) is 12.1 Å². The summed E-state index contributed by atoms with van der Waals surface area (Å²) in [5.41, 5.74) is 12.6. The highest BCUT2D eigenvalue weighted by atomic mass is 14.8. The Hall–Kier alpha value is -0.0800. The van der Waals surface area contributed by atoms with Crippen LogP contribution in [0.15, 0.2) is 0 Å². The maximum atomic E-state index is 6.05. The van der Waals surface area contributed by atoms with E-state index in [1.54, 1.807) is 0 Å². The number of nitrogens with two attached hydrogens (primary N) is 2. The van der Waals surface area contributed by atoms with Crippen LogP contribution in [0.1, 0.15) is 40.5 Å². The second kappa shape index (κ2) is 2.71. The van der Waals surface area contributed by atoms with Gasteiger partial charge >= 0.3 is 0 Å². The minimum atomic E-state index is 0.158. The Bertz CT molecular complexity index is 173. The van der Waals surface area contributed by atoms with E-state index in [0.717, 1.165) is 6.42 Å². The normalized spacial score (nSPS) is 39.5. The molecule has 0 aromatic rings. The minimum Gasteiger partial charge on any atom is -0.326 e. The van der Waals surface area contributed by atoms with Crippen LogP contribution in [-0.2, 0) is 0 Å². The zero-order chi connectivity index (χ0) is 9.57. The molecule has 2 atom stereocenters. The third-order valence-electron chi connectivity index (χ3n) is 3.09. The van der Waals surface area contributed by atoms with E-state index >= 15 is 0 Å². The molecule has 0 aliphatic heterocycles. The largest absolute Gasteiger partial charge is 0.326 e. The van der Waals surface area contributed by atoms with Crippen molar-refractivity contribution in [3.05, 3.63) is 0 Å². The van der Waals surface area contributed by atoms with Crippen molar-refractivity contribution in [2.24, 2.45) is 22.3 Å². The summed E-state index contributed by atoms with van der Waals surface area (Å²) in [7, 11) is 0. The van der Waals surface area contributed by atoms with Gasteiger partial charge in [-0.25, -0.2) is 0 Å². The fraction of sp³-hybridized carbons (Fsp3) is 1.00. The average molecular weight is 170 g/mol. The molecular weight excluding hydrogens is 148 g/mol. The van der Waals surface area contributed by atoms with E-state index in [1.807, 2.05) is 0 Å². The fourth-order valence-corrected chi connectivity index (χ4v) is 2.77. The Morgan fingerprint density at radius 3 is 2.00 bits per heavy atom. The van der Waals surface area contributed by atoms with Crippen LogP contribution < -0.4 is 11.5 Å². The summed E-state index contributed by atoms with van der Waals surface area (Å²) in [5.74, 6) is 0. The third kappa shape index (κ3) is 1.80. The quantitative estimate of drug-likeness (QED) is 0.578. The van der Waals surface area contributed by atoms with Crippen LogP contribution in [0, 0.1) is 10.8 Å². The van der Waals surface area contributed by atoms with Crippen LogP contribution in [0.25, 0.3) is 0 Å². The summed E-state index contributed by atoms with van der Waals surface area (Å²) >= 11 is 0. The Kier molecular flexibility index (Phi) is 2.26. The summed E-state index contributed by atoms with van der Waals surface area (Å²) in [6.45, 7) is 9.00. The Morgan fingerprint density at radius 2 is 1.58 bits per heavy atom. The summed E-state index contributed by atoms with van der Waals surface area (Å²) in [5, 5.41) is 0. The van der Waals surface area contributed by atoms with Gasteiger partial charge in [0.1, 0.15) is 0 Å². The van der Waals surface area contributed by atoms with Gasteiger partial charge in [0.05, 0.1) is 0 Å². The molecule has 12 heavy (non-hydrogen) atoms. The van der Waals surface area contributed by atoms with Gasteiger partial charge in [-0.3, -0.25) is 0 Å². The maximum Gasteiger partial charge on any atom is 0.0244 e. The molecular formula is C10H22N2. The molecule has 4 N–H and O–H groups in total. The Morgan fingerprint density at radius 1 is 1.08 bits per heavy atom. The van der Waals surface area contributed by atoms with Gasteiger partial charge in [0.25, 0.3) is 0 Å². The van der Waals surface area contributed by atoms with Crippen molar-refractivity contribution in [2.75, 3.05) is 0 Å². The van der Waals surface area contributed by atoms with Crippen molar-refractivity contribution in [3.8, 4) is 0 Å². The van der Waals surface area contributed by atoms with Gasteiger partial charge in [0, 0.05) is 12.1 Å². The van der Waals surface area contributed by atoms with Gasteiger partial charge < -0.3 is 11.5 Å². The fourth-order valence-electron chi connectivity index (χ4n) is 2.77. The molecule has 1 rings (SSSR count). The molecule has 2 nitrogen and oxygen atoms in total. The summed E-state index contributed by atoms with van der Waals surface area (Å²) in [6, 6.07) is 0.328. The molecule has 0 amide bonds. The molecule has 72 valence electrons. The average Bonchev–Trinajstić information content (AvgIpc) is 1.79. The van der Waals surface area contributed by atoms with E-state index in [2.05, 4.69) is 27.7 Å². The molecule has 2 heteroatoms. The zero-order valence-corrected chi connectivity index (χ0v) is 8.72. The van der Waals surface area contributed by atoms with Gasteiger partial charge in [-0.1, -0.05) is 27.7 Å². The first-order valence-corrected chi connectivity index (χ1v) is 4.76. The first-order chi connectivity index (χ1) is 5.25. The number of rotatable bonds is 0. The second-order valence-corrected chi connectivity index (χ2v) is 5.72. The van der Waals surface area contributed by atoms with Crippen molar-refractivity contribution in [3.63, 3.8) is 0 Å². The lowest BCUT2D eigenvalue weighted by atomic mass is 9.61. The van der Waals surface area contributed by atoms with Crippen LogP contribution in [0.5, 0.6) is 0 Å². The predicted molar refractivity (Wildman–Crippen MR) is 52.7 cm³/mol. The third-order valence-corrected chi connectivity index (χ3v) is 3.09. The van der Waals surface area contributed by atoms with Crippen molar-refractivity contribution in [2.45, 2.75) is 52.6 Å². The highest BCUT2D eigenvalue weighted by Crippen LogP contribution is 2.44. The maximum absolute atomic E-state index is 6.05. The SMILES string of the molecule is CC1(C)C[C@@H](N)[C@H](N)C(C)(C)C1. The van der Waals surface area contributed by atoms with E-state index in [1.165, 1.54) is 6.42 Å². The van der Waals surface area contributed by atoms with Gasteiger partial charge in [0.2, 0.25) is 0 Å². The summed E-state index contributed by atoms with van der Waals surface area (Å²) in [4.78, 5) is 0. The summed E-state index contributed by atoms with van der Waals surface area (Å²) < 4.78 is 0. The van der Waals surface area contributed by atoms with E-state index in [4.69, 9.17) is 11.5 Å². The van der Waals surface area contributed by atoms with Crippen molar-refractivity contribution >= 4 is 0 Å². The molecule has 0 heterocycles. The molecule has 1 saturated carbocycles. The van der Waals surface area contributed by atoms with Crippen molar-refractivity contribution in [1.29, 1.82) is 0 Å². The van der Waals surface area contributed by atoms with Gasteiger partial charge in [-0.2, -0.15) is 0 Å². The Labute approximate surface area is 75.7 Å². The molecule has 0 unspecified atom stereocenters. The van der Waals surface area contributed by atoms with E-state index < -0.39 is 0 Å². The molecule has 0 bridgehead atoms. The topological polar surface area (TPSA) is 52.0 Å². The van der Waals surface area contributed by atoms with Crippen LogP contribution in [0.3, 0.4) is 0 Å². The first-order valence-electron chi connectivity index (χ1n) is 4.76. The molecule has 0 spiro atoms. The molecule has 1 fully saturated rings. The number of hydrogen-bond acceptors (Lipinski definition) is 2. The van der Waals surface area contributed by atoms with Gasteiger partial charge in [-0.05, 0) is 23.7 Å². The van der Waals surface area contributed by atoms with Gasteiger partial charge in [0.15, 0.2) is 0 Å². The molecule has 0 radical (unpaired) electrons. The smallest absolute Gasteiger partial charge is 0.0244 e. The lowest BCUT2D eigenvalue weighted by molar-refractivity contribution is 0.0744. The lowest BCUT2D eigenvalue weighted by Gasteiger charge is -2.48. The van der Waals surface area contributed by atoms with E-state index in [0.29, 0.717) is 5.41 Å². The first kappa shape index (κ1) is 10.0. The van der Waals surface area contributed by atoms with E-state index in [-0.39, 0.29) is 17.5 Å². The molecule has 1 aliphatic rings. The molecule has 0 aromatic heterocycles. The molecule has 1 aliphatic carbocycles. The minimum absolute atomic E-state index is 0.158. The lowest BCUT2D eigenvalue weighted by Crippen LogP contribution is -2.57. The van der Waals surface area contributed by atoms with Crippen LogP contribution in [0.2, 0.25) is 0 Å². The highest BCUT2D eigenvalue weighted by molar-refractivity contribution is 4.99. The molecule has 0 aromatic carbocycles. The number of hydrogen-bond donors (Lipinski definition) is 2. The highest BCUT2D eigenvalue weighted by Gasteiger charge is 2.42. The second-order valence-electron chi connectivity index (χ2n) is 5.72. The van der Waals surface area contributed by atoms with Crippen molar-refractivity contribution < 1.29 is 0 Å². The predicted octanol–water partition coefficient (Wildman–Crippen LogP) is 1.49. The monoisotopic (exact) mass is 170 g/mol. The molecule has 0 saturated heterocycles. The van der Waals surface area contributed by atoms with Crippen LogP contribution >= 0.6 is 0 Å². The summed E-state index contributed by atoms with van der Waals surface area (Å²) in [6.07, 6.45) is 2.23. The Balaban J connectivity index is 2.80. The standard InChI is InChI=1S/C10H22N2/c1-9(2)5-7(11)8(12)10(3,4)6-9/h7-8H,5-6,11-12H2,1-4H3/t7-,8+/m1/s1. The van der Waals surface area contributed by atoms with Gasteiger partial charge in [-0.15, -0.1) is 0 Å².